The summed E-state index contributed by atoms with van der Waals surface area (Å²) in [5.41, 5.74) is 6.93. The molecule has 0 bridgehead atoms. The molecule has 2 aromatic heterocycles. The zero-order chi connectivity index (χ0) is 14.1. The van der Waals surface area contributed by atoms with Gasteiger partial charge >= 0.3 is 0 Å². The van der Waals surface area contributed by atoms with E-state index < -0.39 is 0 Å². The predicted octanol–water partition coefficient (Wildman–Crippen LogP) is 3.76. The minimum Gasteiger partial charge on any atom is -0.384 e. The molecule has 0 spiro atoms. The van der Waals surface area contributed by atoms with E-state index in [9.17, 15) is 0 Å². The van der Waals surface area contributed by atoms with Crippen LogP contribution in [0.15, 0.2) is 35.7 Å². The molecular formula is C15H16N4S. The zero-order valence-electron chi connectivity index (χ0n) is 11.4. The Hall–Kier alpha value is -2.14. The highest BCUT2D eigenvalue weighted by Gasteiger charge is 2.11. The lowest BCUT2D eigenvalue weighted by Gasteiger charge is -2.10. The van der Waals surface area contributed by atoms with Crippen LogP contribution in [0.1, 0.15) is 13.8 Å². The van der Waals surface area contributed by atoms with E-state index in [0.717, 1.165) is 11.4 Å². The third kappa shape index (κ3) is 2.44. The monoisotopic (exact) mass is 284 g/mol. The molecule has 5 heteroatoms. The second kappa shape index (κ2) is 5.09. The van der Waals surface area contributed by atoms with Crippen molar-refractivity contribution < 1.29 is 0 Å². The summed E-state index contributed by atoms with van der Waals surface area (Å²) in [4.78, 5) is 8.94. The van der Waals surface area contributed by atoms with Gasteiger partial charge in [0.25, 0.3) is 0 Å². The third-order valence-corrected chi connectivity index (χ3v) is 3.87. The fraction of sp³-hybridized carbons (Fsp3) is 0.200. The number of nitrogens with zero attached hydrogens (tertiary/aromatic N) is 2. The van der Waals surface area contributed by atoms with Crippen molar-refractivity contribution in [1.82, 2.24) is 9.97 Å². The van der Waals surface area contributed by atoms with E-state index in [0.29, 0.717) is 17.7 Å². The van der Waals surface area contributed by atoms with Crippen LogP contribution < -0.4 is 11.1 Å². The Kier molecular flexibility index (Phi) is 3.28. The molecule has 0 atom stereocenters. The lowest BCUT2D eigenvalue weighted by molar-refractivity contribution is 0.888. The molecule has 2 heterocycles. The van der Waals surface area contributed by atoms with Gasteiger partial charge in [-0.1, -0.05) is 18.2 Å². The number of fused-ring (bicyclic) bond motifs is 1. The van der Waals surface area contributed by atoms with Crippen LogP contribution in [0.2, 0.25) is 0 Å². The Balaban J connectivity index is 2.11. The Labute approximate surface area is 121 Å². The van der Waals surface area contributed by atoms with Crippen LogP contribution in [0.3, 0.4) is 0 Å². The van der Waals surface area contributed by atoms with Crippen molar-refractivity contribution in [3.8, 4) is 11.4 Å². The molecule has 20 heavy (non-hydrogen) atoms. The minimum atomic E-state index is 0.302. The molecule has 0 amide bonds. The maximum absolute atomic E-state index is 5.90. The summed E-state index contributed by atoms with van der Waals surface area (Å²) in [6.07, 6.45) is 0. The maximum Gasteiger partial charge on any atom is 0.165 e. The molecule has 102 valence electrons. The summed E-state index contributed by atoms with van der Waals surface area (Å²) in [7, 11) is 0. The lowest BCUT2D eigenvalue weighted by atomic mass is 10.1. The zero-order valence-corrected chi connectivity index (χ0v) is 12.2. The Morgan fingerprint density at radius 1 is 1.20 bits per heavy atom. The first-order valence-electron chi connectivity index (χ1n) is 6.51. The topological polar surface area (TPSA) is 63.8 Å². The standard InChI is InChI=1S/C15H16N4S/c1-9(2)17-14-7-13(16)18-15(19-14)11-8-20-12-6-4-3-5-10(11)12/h3-9H,1-2H3,(H3,16,17,18,19). The number of nitrogen functional groups attached to an aromatic ring is 1. The molecule has 3 rings (SSSR count). The molecule has 0 radical (unpaired) electrons. The largest absolute Gasteiger partial charge is 0.384 e. The summed E-state index contributed by atoms with van der Waals surface area (Å²) < 4.78 is 1.23. The van der Waals surface area contributed by atoms with Gasteiger partial charge in [0.15, 0.2) is 5.82 Å². The molecule has 1 aromatic carbocycles. The van der Waals surface area contributed by atoms with Gasteiger partial charge in [-0.15, -0.1) is 11.3 Å². The summed E-state index contributed by atoms with van der Waals surface area (Å²) in [5.74, 6) is 1.91. The highest BCUT2D eigenvalue weighted by molar-refractivity contribution is 7.17. The number of benzene rings is 1. The SMILES string of the molecule is CC(C)Nc1cc(N)nc(-c2csc3ccccc23)n1. The van der Waals surface area contributed by atoms with Crippen LogP contribution in [0.4, 0.5) is 11.6 Å². The number of hydrogen-bond donors (Lipinski definition) is 2. The van der Waals surface area contributed by atoms with Crippen molar-refractivity contribution in [2.75, 3.05) is 11.1 Å². The summed E-state index contributed by atoms with van der Waals surface area (Å²) in [6.45, 7) is 4.13. The number of hydrogen-bond acceptors (Lipinski definition) is 5. The van der Waals surface area contributed by atoms with Crippen LogP contribution in [0.25, 0.3) is 21.5 Å². The summed E-state index contributed by atoms with van der Waals surface area (Å²) in [6, 6.07) is 10.3. The molecule has 0 unspecified atom stereocenters. The van der Waals surface area contributed by atoms with E-state index >= 15 is 0 Å². The quantitative estimate of drug-likeness (QED) is 0.768. The van der Waals surface area contributed by atoms with E-state index in [2.05, 4.69) is 46.6 Å². The average Bonchev–Trinajstić information content (AvgIpc) is 2.80. The summed E-state index contributed by atoms with van der Waals surface area (Å²) >= 11 is 1.69. The first-order chi connectivity index (χ1) is 9.63. The van der Waals surface area contributed by atoms with Gasteiger partial charge < -0.3 is 11.1 Å². The van der Waals surface area contributed by atoms with Gasteiger partial charge in [-0.2, -0.15) is 0 Å². The number of aromatic nitrogens is 2. The van der Waals surface area contributed by atoms with E-state index in [4.69, 9.17) is 5.73 Å². The number of nitrogens with two attached hydrogens (primary N) is 1. The first kappa shape index (κ1) is 12.9. The Morgan fingerprint density at radius 2 is 2.00 bits per heavy atom. The molecule has 0 saturated heterocycles. The lowest BCUT2D eigenvalue weighted by Crippen LogP contribution is -2.12. The second-order valence-electron chi connectivity index (χ2n) is 4.95. The van der Waals surface area contributed by atoms with Gasteiger partial charge in [0.1, 0.15) is 11.6 Å². The highest BCUT2D eigenvalue weighted by Crippen LogP contribution is 2.32. The Bertz CT molecular complexity index is 748. The van der Waals surface area contributed by atoms with E-state index in [1.807, 2.05) is 12.1 Å². The number of thiophene rings is 1. The molecule has 0 saturated carbocycles. The molecule has 0 fully saturated rings. The fourth-order valence-electron chi connectivity index (χ4n) is 2.11. The normalized spacial score (nSPS) is 11.2. The fourth-order valence-corrected chi connectivity index (χ4v) is 3.05. The molecule has 0 aliphatic carbocycles. The van der Waals surface area contributed by atoms with Gasteiger partial charge in [-0.05, 0) is 19.9 Å². The predicted molar refractivity (Wildman–Crippen MR) is 86.0 cm³/mol. The van der Waals surface area contributed by atoms with Crippen molar-refractivity contribution in [3.05, 3.63) is 35.7 Å². The molecule has 3 aromatic rings. The van der Waals surface area contributed by atoms with Gasteiger partial charge in [0.2, 0.25) is 0 Å². The number of anilines is 2. The molecule has 0 aliphatic rings. The molecule has 0 aliphatic heterocycles. The van der Waals surface area contributed by atoms with Crippen molar-refractivity contribution in [3.63, 3.8) is 0 Å². The van der Waals surface area contributed by atoms with E-state index in [1.165, 1.54) is 10.1 Å². The number of nitrogens with one attached hydrogen (secondary N) is 1. The Morgan fingerprint density at radius 3 is 2.80 bits per heavy atom. The maximum atomic E-state index is 5.90. The third-order valence-electron chi connectivity index (χ3n) is 2.90. The minimum absolute atomic E-state index is 0.302. The van der Waals surface area contributed by atoms with Crippen molar-refractivity contribution in [2.24, 2.45) is 0 Å². The smallest absolute Gasteiger partial charge is 0.165 e. The van der Waals surface area contributed by atoms with Gasteiger partial charge in [-0.25, -0.2) is 9.97 Å². The van der Waals surface area contributed by atoms with Gasteiger partial charge in [0, 0.05) is 33.1 Å². The van der Waals surface area contributed by atoms with Crippen LogP contribution in [-0.2, 0) is 0 Å². The van der Waals surface area contributed by atoms with E-state index in [-0.39, 0.29) is 0 Å². The van der Waals surface area contributed by atoms with E-state index in [1.54, 1.807) is 17.4 Å². The van der Waals surface area contributed by atoms with Crippen molar-refractivity contribution >= 4 is 33.1 Å². The van der Waals surface area contributed by atoms with Crippen molar-refractivity contribution in [1.29, 1.82) is 0 Å². The van der Waals surface area contributed by atoms with Crippen LogP contribution in [0, 0.1) is 0 Å². The van der Waals surface area contributed by atoms with Gasteiger partial charge in [-0.3, -0.25) is 0 Å². The molecular weight excluding hydrogens is 268 g/mol. The first-order valence-corrected chi connectivity index (χ1v) is 7.39. The van der Waals surface area contributed by atoms with Crippen molar-refractivity contribution in [2.45, 2.75) is 19.9 Å². The molecule has 4 nitrogen and oxygen atoms in total. The van der Waals surface area contributed by atoms with Crippen LogP contribution in [-0.4, -0.2) is 16.0 Å². The summed E-state index contributed by atoms with van der Waals surface area (Å²) in [5, 5.41) is 6.52. The number of rotatable bonds is 3. The van der Waals surface area contributed by atoms with Crippen LogP contribution in [0.5, 0.6) is 0 Å². The highest BCUT2D eigenvalue weighted by atomic mass is 32.1. The van der Waals surface area contributed by atoms with Gasteiger partial charge in [0.05, 0.1) is 0 Å². The average molecular weight is 284 g/mol. The van der Waals surface area contributed by atoms with Crippen LogP contribution >= 0.6 is 11.3 Å². The molecule has 3 N–H and O–H groups in total. The second-order valence-corrected chi connectivity index (χ2v) is 5.86.